The van der Waals surface area contributed by atoms with Gasteiger partial charge in [0.25, 0.3) is 11.2 Å². The predicted octanol–water partition coefficient (Wildman–Crippen LogP) is 2.16. The molecule has 0 aliphatic heterocycles. The molecule has 0 spiro atoms. The van der Waals surface area contributed by atoms with Crippen LogP contribution < -0.4 is 5.56 Å². The van der Waals surface area contributed by atoms with E-state index in [1.165, 1.54) is 29.7 Å². The van der Waals surface area contributed by atoms with Crippen LogP contribution in [0.5, 0.6) is 0 Å². The Morgan fingerprint density at radius 2 is 1.75 bits per heavy atom. The zero-order chi connectivity index (χ0) is 14.9. The molecule has 0 bridgehead atoms. The van der Waals surface area contributed by atoms with Crippen molar-refractivity contribution in [2.45, 2.75) is 6.92 Å². The number of aromatic nitrogens is 1. The molecule has 0 aliphatic rings. The number of carbonyl (C=O) groups is 1. The van der Waals surface area contributed by atoms with Crippen LogP contribution in [0.4, 0.5) is 5.69 Å². The standard InChI is InChI=1S/C14H12N2O4/c1-9(17)12-7-8-13(15(2)14(12)18)10-3-5-11(6-4-10)16(19)20/h3-8H,1-2H3. The van der Waals surface area contributed by atoms with Gasteiger partial charge in [0.1, 0.15) is 0 Å². The Morgan fingerprint density at radius 3 is 2.25 bits per heavy atom. The maximum absolute atomic E-state index is 12.0. The van der Waals surface area contributed by atoms with Crippen molar-refractivity contribution in [3.8, 4) is 11.3 Å². The molecular weight excluding hydrogens is 260 g/mol. The SMILES string of the molecule is CC(=O)c1ccc(-c2ccc([N+](=O)[O-])cc2)n(C)c1=O. The highest BCUT2D eigenvalue weighted by molar-refractivity contribution is 5.93. The van der Waals surface area contributed by atoms with Crippen LogP contribution in [0.2, 0.25) is 0 Å². The summed E-state index contributed by atoms with van der Waals surface area (Å²) in [4.78, 5) is 33.4. The highest BCUT2D eigenvalue weighted by atomic mass is 16.6. The molecule has 102 valence electrons. The van der Waals surface area contributed by atoms with Crippen LogP contribution in [0.3, 0.4) is 0 Å². The number of rotatable bonds is 3. The third-order valence-corrected chi connectivity index (χ3v) is 3.06. The number of carbonyl (C=O) groups excluding carboxylic acids is 1. The molecule has 20 heavy (non-hydrogen) atoms. The Bertz CT molecular complexity index is 745. The third-order valence-electron chi connectivity index (χ3n) is 3.06. The first kappa shape index (κ1) is 13.7. The molecule has 2 aromatic rings. The third kappa shape index (κ3) is 2.35. The van der Waals surface area contributed by atoms with Gasteiger partial charge in [-0.05, 0) is 36.8 Å². The second-order valence-electron chi connectivity index (χ2n) is 4.36. The molecule has 1 aromatic heterocycles. The lowest BCUT2D eigenvalue weighted by Gasteiger charge is -2.09. The smallest absolute Gasteiger partial charge is 0.269 e. The minimum atomic E-state index is -0.484. The number of nitro benzene ring substituents is 1. The normalized spacial score (nSPS) is 10.3. The largest absolute Gasteiger partial charge is 0.311 e. The van der Waals surface area contributed by atoms with Gasteiger partial charge >= 0.3 is 0 Å². The van der Waals surface area contributed by atoms with Crippen molar-refractivity contribution in [1.82, 2.24) is 4.57 Å². The summed E-state index contributed by atoms with van der Waals surface area (Å²) in [7, 11) is 1.56. The first-order valence-corrected chi connectivity index (χ1v) is 5.87. The summed E-state index contributed by atoms with van der Waals surface area (Å²) in [5.74, 6) is -0.291. The number of nitro groups is 1. The number of pyridine rings is 1. The minimum Gasteiger partial charge on any atom is -0.311 e. The molecule has 0 saturated carbocycles. The van der Waals surface area contributed by atoms with Crippen molar-refractivity contribution in [2.75, 3.05) is 0 Å². The molecule has 0 unspecified atom stereocenters. The van der Waals surface area contributed by atoms with E-state index < -0.39 is 4.92 Å². The van der Waals surface area contributed by atoms with Crippen LogP contribution in [0.25, 0.3) is 11.3 Å². The lowest BCUT2D eigenvalue weighted by Crippen LogP contribution is -2.24. The number of benzene rings is 1. The fourth-order valence-corrected chi connectivity index (χ4v) is 1.95. The Morgan fingerprint density at radius 1 is 1.15 bits per heavy atom. The van der Waals surface area contributed by atoms with Crippen LogP contribution in [-0.4, -0.2) is 15.3 Å². The van der Waals surface area contributed by atoms with Crippen LogP contribution >= 0.6 is 0 Å². The van der Waals surface area contributed by atoms with Gasteiger partial charge in [-0.3, -0.25) is 19.7 Å². The molecule has 6 heteroatoms. The number of hydrogen-bond donors (Lipinski definition) is 0. The van der Waals surface area contributed by atoms with Crippen molar-refractivity contribution in [3.63, 3.8) is 0 Å². The molecular formula is C14H12N2O4. The summed E-state index contributed by atoms with van der Waals surface area (Å²) in [6, 6.07) is 9.01. The molecule has 0 radical (unpaired) electrons. The van der Waals surface area contributed by atoms with Crippen LogP contribution in [0, 0.1) is 10.1 Å². The highest BCUT2D eigenvalue weighted by Crippen LogP contribution is 2.21. The maximum Gasteiger partial charge on any atom is 0.269 e. The van der Waals surface area contributed by atoms with E-state index >= 15 is 0 Å². The number of hydrogen-bond acceptors (Lipinski definition) is 4. The van der Waals surface area contributed by atoms with Gasteiger partial charge in [-0.2, -0.15) is 0 Å². The summed E-state index contributed by atoms with van der Waals surface area (Å²) in [6.07, 6.45) is 0. The molecule has 0 saturated heterocycles. The average Bonchev–Trinajstić information content (AvgIpc) is 2.41. The van der Waals surface area contributed by atoms with Crippen LogP contribution in [0.15, 0.2) is 41.2 Å². The van der Waals surface area contributed by atoms with E-state index in [4.69, 9.17) is 0 Å². The Balaban J connectivity index is 2.54. The monoisotopic (exact) mass is 272 g/mol. The first-order chi connectivity index (χ1) is 9.41. The van der Waals surface area contributed by atoms with Gasteiger partial charge in [0, 0.05) is 19.2 Å². The predicted molar refractivity (Wildman–Crippen MR) is 73.8 cm³/mol. The lowest BCUT2D eigenvalue weighted by atomic mass is 10.1. The van der Waals surface area contributed by atoms with Crippen molar-refractivity contribution in [3.05, 3.63) is 62.4 Å². The fraction of sp³-hybridized carbons (Fsp3) is 0.143. The van der Waals surface area contributed by atoms with Gasteiger partial charge in [0.2, 0.25) is 0 Å². The first-order valence-electron chi connectivity index (χ1n) is 5.87. The summed E-state index contributed by atoms with van der Waals surface area (Å²) in [5.41, 5.74) is 0.992. The molecule has 6 nitrogen and oxygen atoms in total. The number of Topliss-reactive ketones (excluding diaryl/α,β-unsaturated/α-hetero) is 1. The Kier molecular flexibility index (Phi) is 3.47. The zero-order valence-electron chi connectivity index (χ0n) is 11.0. The van der Waals surface area contributed by atoms with Crippen molar-refractivity contribution in [2.24, 2.45) is 7.05 Å². The van der Waals surface area contributed by atoms with E-state index in [-0.39, 0.29) is 22.6 Å². The van der Waals surface area contributed by atoms with Crippen LogP contribution in [0.1, 0.15) is 17.3 Å². The molecule has 2 rings (SSSR count). The van der Waals surface area contributed by atoms with Gasteiger partial charge in [-0.25, -0.2) is 0 Å². The van der Waals surface area contributed by atoms with E-state index in [0.717, 1.165) is 0 Å². The molecule has 0 aliphatic carbocycles. The molecule has 1 heterocycles. The lowest BCUT2D eigenvalue weighted by molar-refractivity contribution is -0.384. The quantitative estimate of drug-likeness (QED) is 0.487. The van der Waals surface area contributed by atoms with Crippen molar-refractivity contribution < 1.29 is 9.72 Å². The number of ketones is 1. The minimum absolute atomic E-state index is 0.0147. The summed E-state index contributed by atoms with van der Waals surface area (Å²) >= 11 is 0. The van der Waals surface area contributed by atoms with Crippen molar-refractivity contribution >= 4 is 11.5 Å². The second kappa shape index (κ2) is 5.08. The fourth-order valence-electron chi connectivity index (χ4n) is 1.95. The molecule has 0 fully saturated rings. The molecule has 0 N–H and O–H groups in total. The Hall–Kier alpha value is -2.76. The molecule has 1 aromatic carbocycles. The van der Waals surface area contributed by atoms with Crippen LogP contribution in [-0.2, 0) is 7.05 Å². The van der Waals surface area contributed by atoms with E-state index in [0.29, 0.717) is 11.3 Å². The molecule has 0 amide bonds. The van der Waals surface area contributed by atoms with Gasteiger partial charge in [0.15, 0.2) is 5.78 Å². The van der Waals surface area contributed by atoms with E-state index in [1.54, 1.807) is 25.2 Å². The van der Waals surface area contributed by atoms with Gasteiger partial charge in [0.05, 0.1) is 16.2 Å². The summed E-state index contributed by atoms with van der Waals surface area (Å²) < 4.78 is 1.36. The summed E-state index contributed by atoms with van der Waals surface area (Å²) in [6.45, 7) is 1.34. The topological polar surface area (TPSA) is 82.2 Å². The van der Waals surface area contributed by atoms with E-state index in [9.17, 15) is 19.7 Å². The average molecular weight is 272 g/mol. The van der Waals surface area contributed by atoms with Gasteiger partial charge < -0.3 is 4.57 Å². The summed E-state index contributed by atoms with van der Waals surface area (Å²) in [5, 5.41) is 10.6. The maximum atomic E-state index is 12.0. The number of non-ortho nitro benzene ring substituents is 1. The van der Waals surface area contributed by atoms with E-state index in [2.05, 4.69) is 0 Å². The zero-order valence-corrected chi connectivity index (χ0v) is 11.0. The van der Waals surface area contributed by atoms with Gasteiger partial charge in [-0.1, -0.05) is 0 Å². The molecule has 0 atom stereocenters. The van der Waals surface area contributed by atoms with E-state index in [1.807, 2.05) is 0 Å². The Labute approximate surface area is 114 Å². The van der Waals surface area contributed by atoms with Gasteiger partial charge in [-0.15, -0.1) is 0 Å². The highest BCUT2D eigenvalue weighted by Gasteiger charge is 2.11. The number of nitrogens with zero attached hydrogens (tertiary/aromatic N) is 2. The van der Waals surface area contributed by atoms with Crippen molar-refractivity contribution in [1.29, 1.82) is 0 Å². The second-order valence-corrected chi connectivity index (χ2v) is 4.36.